The van der Waals surface area contributed by atoms with Gasteiger partial charge in [0.2, 0.25) is 0 Å². The lowest BCUT2D eigenvalue weighted by Crippen LogP contribution is -1.89. The Morgan fingerprint density at radius 1 is 1.28 bits per heavy atom. The van der Waals surface area contributed by atoms with Crippen LogP contribution in [0.25, 0.3) is 0 Å². The summed E-state index contributed by atoms with van der Waals surface area (Å²) >= 11 is 0. The maximum absolute atomic E-state index is 4.55. The van der Waals surface area contributed by atoms with Crippen LogP contribution in [0, 0.1) is 13.8 Å². The molecule has 0 amide bonds. The first-order valence-corrected chi connectivity index (χ1v) is 6.23. The van der Waals surface area contributed by atoms with Gasteiger partial charge in [-0.1, -0.05) is 13.0 Å². The van der Waals surface area contributed by atoms with Crippen LogP contribution in [0.1, 0.15) is 29.2 Å². The van der Waals surface area contributed by atoms with Gasteiger partial charge in [-0.15, -0.1) is 0 Å². The van der Waals surface area contributed by atoms with E-state index in [2.05, 4.69) is 43.0 Å². The molecule has 0 bridgehead atoms. The molecule has 2 rings (SSSR count). The highest BCUT2D eigenvalue weighted by molar-refractivity contribution is 5.81. The van der Waals surface area contributed by atoms with Crippen molar-refractivity contribution in [1.82, 2.24) is 9.78 Å². The highest BCUT2D eigenvalue weighted by Crippen LogP contribution is 2.23. The van der Waals surface area contributed by atoms with E-state index in [1.54, 1.807) is 4.68 Å². The number of aryl methyl sites for hydroxylation is 4. The van der Waals surface area contributed by atoms with E-state index in [0.717, 1.165) is 17.7 Å². The van der Waals surface area contributed by atoms with Crippen molar-refractivity contribution >= 4 is 11.9 Å². The third kappa shape index (κ3) is 2.67. The molecule has 0 atom stereocenters. The number of hydrogen-bond acceptors (Lipinski definition) is 2. The van der Waals surface area contributed by atoms with Crippen molar-refractivity contribution in [2.75, 3.05) is 0 Å². The molecule has 0 saturated heterocycles. The molecule has 18 heavy (non-hydrogen) atoms. The predicted octanol–water partition coefficient (Wildman–Crippen LogP) is 3.35. The van der Waals surface area contributed by atoms with Crippen LogP contribution in [0.3, 0.4) is 0 Å². The zero-order valence-corrected chi connectivity index (χ0v) is 11.4. The minimum Gasteiger partial charge on any atom is -0.275 e. The zero-order chi connectivity index (χ0) is 13.1. The van der Waals surface area contributed by atoms with Crippen LogP contribution in [-0.2, 0) is 13.5 Å². The monoisotopic (exact) mass is 241 g/mol. The summed E-state index contributed by atoms with van der Waals surface area (Å²) in [5.74, 6) is 0. The SMILES string of the molecule is CCc1cc(C)c(N=Cc2cnn(C)c2)cc1C. The summed E-state index contributed by atoms with van der Waals surface area (Å²) in [6.45, 7) is 6.43. The lowest BCUT2D eigenvalue weighted by molar-refractivity contribution is 0.767. The largest absolute Gasteiger partial charge is 0.275 e. The second-order valence-corrected chi connectivity index (χ2v) is 4.62. The lowest BCUT2D eigenvalue weighted by Gasteiger charge is -2.07. The molecule has 0 spiro atoms. The molecule has 3 nitrogen and oxygen atoms in total. The van der Waals surface area contributed by atoms with Gasteiger partial charge in [0.25, 0.3) is 0 Å². The highest BCUT2D eigenvalue weighted by Gasteiger charge is 2.02. The summed E-state index contributed by atoms with van der Waals surface area (Å²) in [4.78, 5) is 4.55. The summed E-state index contributed by atoms with van der Waals surface area (Å²) in [7, 11) is 1.91. The van der Waals surface area contributed by atoms with E-state index in [9.17, 15) is 0 Å². The first kappa shape index (κ1) is 12.6. The number of hydrogen-bond donors (Lipinski definition) is 0. The zero-order valence-electron chi connectivity index (χ0n) is 11.4. The first-order chi connectivity index (χ1) is 8.60. The molecule has 1 aromatic heterocycles. The van der Waals surface area contributed by atoms with Gasteiger partial charge in [-0.05, 0) is 43.0 Å². The summed E-state index contributed by atoms with van der Waals surface area (Å²) in [6.07, 6.45) is 6.69. The molecule has 0 unspecified atom stereocenters. The number of aromatic nitrogens is 2. The van der Waals surface area contributed by atoms with Crippen molar-refractivity contribution in [1.29, 1.82) is 0 Å². The van der Waals surface area contributed by atoms with Crippen LogP contribution in [-0.4, -0.2) is 16.0 Å². The molecule has 0 aliphatic carbocycles. The van der Waals surface area contributed by atoms with Crippen molar-refractivity contribution < 1.29 is 0 Å². The quantitative estimate of drug-likeness (QED) is 0.758. The first-order valence-electron chi connectivity index (χ1n) is 6.23. The average Bonchev–Trinajstić information content (AvgIpc) is 2.75. The molecular formula is C15H19N3. The Morgan fingerprint density at radius 3 is 2.67 bits per heavy atom. The number of benzene rings is 1. The van der Waals surface area contributed by atoms with Crippen molar-refractivity contribution in [3.63, 3.8) is 0 Å². The second-order valence-electron chi connectivity index (χ2n) is 4.62. The normalized spacial score (nSPS) is 11.3. The van der Waals surface area contributed by atoms with Gasteiger partial charge in [-0.25, -0.2) is 0 Å². The van der Waals surface area contributed by atoms with Gasteiger partial charge in [-0.3, -0.25) is 9.67 Å². The average molecular weight is 241 g/mol. The molecule has 94 valence electrons. The van der Waals surface area contributed by atoms with Crippen LogP contribution in [0.5, 0.6) is 0 Å². The summed E-state index contributed by atoms with van der Waals surface area (Å²) in [5, 5.41) is 4.12. The Morgan fingerprint density at radius 2 is 2.06 bits per heavy atom. The summed E-state index contributed by atoms with van der Waals surface area (Å²) in [5.41, 5.74) is 5.98. The van der Waals surface area contributed by atoms with E-state index >= 15 is 0 Å². The van der Waals surface area contributed by atoms with E-state index in [-0.39, 0.29) is 0 Å². The fraction of sp³-hybridized carbons (Fsp3) is 0.333. The van der Waals surface area contributed by atoms with E-state index in [1.165, 1.54) is 16.7 Å². The van der Waals surface area contributed by atoms with Crippen molar-refractivity contribution in [3.05, 3.63) is 46.8 Å². The van der Waals surface area contributed by atoms with Crippen LogP contribution >= 0.6 is 0 Å². The van der Waals surface area contributed by atoms with Gasteiger partial charge in [0.15, 0.2) is 0 Å². The minimum atomic E-state index is 1.02. The van der Waals surface area contributed by atoms with Crippen molar-refractivity contribution in [2.24, 2.45) is 12.0 Å². The number of aliphatic imine (C=N–C) groups is 1. The fourth-order valence-corrected chi connectivity index (χ4v) is 2.03. The molecule has 0 fully saturated rings. The molecule has 0 radical (unpaired) electrons. The van der Waals surface area contributed by atoms with Crippen LogP contribution in [0.2, 0.25) is 0 Å². The van der Waals surface area contributed by atoms with Crippen LogP contribution in [0.15, 0.2) is 29.5 Å². The summed E-state index contributed by atoms with van der Waals surface area (Å²) in [6, 6.07) is 4.38. The topological polar surface area (TPSA) is 30.2 Å². The van der Waals surface area contributed by atoms with Crippen LogP contribution in [0.4, 0.5) is 5.69 Å². The number of rotatable bonds is 3. The molecular weight excluding hydrogens is 222 g/mol. The van der Waals surface area contributed by atoms with E-state index in [1.807, 2.05) is 25.7 Å². The molecule has 0 saturated carbocycles. The van der Waals surface area contributed by atoms with Gasteiger partial charge in [0, 0.05) is 25.0 Å². The summed E-state index contributed by atoms with van der Waals surface area (Å²) < 4.78 is 1.78. The molecule has 1 heterocycles. The van der Waals surface area contributed by atoms with E-state index < -0.39 is 0 Å². The number of nitrogens with zero attached hydrogens (tertiary/aromatic N) is 3. The minimum absolute atomic E-state index is 1.02. The van der Waals surface area contributed by atoms with Gasteiger partial charge in [-0.2, -0.15) is 5.10 Å². The van der Waals surface area contributed by atoms with Gasteiger partial charge in [0.05, 0.1) is 11.9 Å². The van der Waals surface area contributed by atoms with Crippen molar-refractivity contribution in [3.8, 4) is 0 Å². The van der Waals surface area contributed by atoms with Gasteiger partial charge in [0.1, 0.15) is 0 Å². The molecule has 2 aromatic rings. The third-order valence-corrected chi connectivity index (χ3v) is 3.11. The Kier molecular flexibility index (Phi) is 3.60. The second kappa shape index (κ2) is 5.17. The van der Waals surface area contributed by atoms with Gasteiger partial charge < -0.3 is 0 Å². The molecule has 0 aliphatic rings. The molecule has 0 N–H and O–H groups in total. The van der Waals surface area contributed by atoms with E-state index in [0.29, 0.717) is 0 Å². The third-order valence-electron chi connectivity index (χ3n) is 3.11. The molecule has 3 heteroatoms. The maximum Gasteiger partial charge on any atom is 0.0661 e. The molecule has 1 aromatic carbocycles. The standard InChI is InChI=1S/C15H19N3/c1-5-14-6-12(3)15(7-11(14)2)16-8-13-9-17-18(4)10-13/h6-10H,5H2,1-4H3. The Balaban J connectivity index is 2.29. The molecule has 0 aliphatic heterocycles. The fourth-order valence-electron chi connectivity index (χ4n) is 2.03. The van der Waals surface area contributed by atoms with Gasteiger partial charge >= 0.3 is 0 Å². The highest BCUT2D eigenvalue weighted by atomic mass is 15.2. The Hall–Kier alpha value is -1.90. The Labute approximate surface area is 108 Å². The maximum atomic E-state index is 4.55. The Bertz CT molecular complexity index is 579. The predicted molar refractivity (Wildman–Crippen MR) is 75.8 cm³/mol. The smallest absolute Gasteiger partial charge is 0.0661 e. The lowest BCUT2D eigenvalue weighted by atomic mass is 10.0. The van der Waals surface area contributed by atoms with E-state index in [4.69, 9.17) is 0 Å². The van der Waals surface area contributed by atoms with Crippen LogP contribution < -0.4 is 0 Å². The van der Waals surface area contributed by atoms with Crippen molar-refractivity contribution in [2.45, 2.75) is 27.2 Å².